The Labute approximate surface area is 88.1 Å². The number of hydrogen-bond donors (Lipinski definition) is 0. The van der Waals surface area contributed by atoms with E-state index in [1.54, 1.807) is 11.8 Å². The maximum Gasteiger partial charge on any atom is 0.133 e. The molecule has 0 bridgehead atoms. The van der Waals surface area contributed by atoms with E-state index >= 15 is 0 Å². The van der Waals surface area contributed by atoms with Gasteiger partial charge < -0.3 is 0 Å². The lowest BCUT2D eigenvalue weighted by atomic mass is 10.3. The predicted molar refractivity (Wildman–Crippen MR) is 57.4 cm³/mol. The van der Waals surface area contributed by atoms with Crippen LogP contribution in [0.1, 0.15) is 26.1 Å². The summed E-state index contributed by atoms with van der Waals surface area (Å²) in [5.41, 5.74) is 0. The molecule has 1 aromatic heterocycles. The summed E-state index contributed by atoms with van der Waals surface area (Å²) in [5.74, 6) is 1.87. The van der Waals surface area contributed by atoms with E-state index in [0.29, 0.717) is 5.15 Å². The van der Waals surface area contributed by atoms with Crippen molar-refractivity contribution in [1.82, 2.24) is 9.97 Å². The van der Waals surface area contributed by atoms with Crippen molar-refractivity contribution in [3.8, 4) is 0 Å². The van der Waals surface area contributed by atoms with Gasteiger partial charge in [-0.2, -0.15) is 0 Å². The van der Waals surface area contributed by atoms with Crippen LogP contribution in [0.4, 0.5) is 0 Å². The Hall–Kier alpha value is -0.280. The van der Waals surface area contributed by atoms with Gasteiger partial charge in [-0.15, -0.1) is 11.8 Å². The smallest absolute Gasteiger partial charge is 0.133 e. The molecule has 0 fully saturated rings. The predicted octanol–water partition coefficient (Wildman–Crippen LogP) is 3.19. The Morgan fingerprint density at radius 3 is 2.77 bits per heavy atom. The zero-order chi connectivity index (χ0) is 9.68. The number of aromatic nitrogens is 2. The number of thioether (sulfide) groups is 1. The second-order valence-electron chi connectivity index (χ2n) is 2.63. The van der Waals surface area contributed by atoms with Gasteiger partial charge in [0.25, 0.3) is 0 Å². The van der Waals surface area contributed by atoms with Crippen LogP contribution in [0.3, 0.4) is 0 Å². The fraction of sp³-hybridized carbons (Fsp3) is 0.556. The van der Waals surface area contributed by atoms with Gasteiger partial charge in [-0.05, 0) is 12.2 Å². The molecule has 0 saturated heterocycles. The summed E-state index contributed by atoms with van der Waals surface area (Å²) in [6.45, 7) is 4.21. The molecule has 2 nitrogen and oxygen atoms in total. The third-order valence-corrected chi connectivity index (χ3v) is 2.47. The van der Waals surface area contributed by atoms with Crippen molar-refractivity contribution in [2.75, 3.05) is 5.75 Å². The highest BCUT2D eigenvalue weighted by atomic mass is 35.5. The minimum atomic E-state index is 0.550. The van der Waals surface area contributed by atoms with Crippen molar-refractivity contribution in [1.29, 1.82) is 0 Å². The van der Waals surface area contributed by atoms with Crippen molar-refractivity contribution in [2.45, 2.75) is 31.7 Å². The van der Waals surface area contributed by atoms with Crippen molar-refractivity contribution in [2.24, 2.45) is 0 Å². The normalized spacial score (nSPS) is 10.4. The molecule has 0 amide bonds. The average Bonchev–Trinajstić information content (AvgIpc) is 2.04. The molecule has 0 aromatic carbocycles. The van der Waals surface area contributed by atoms with Crippen LogP contribution >= 0.6 is 23.4 Å². The minimum absolute atomic E-state index is 0.550. The van der Waals surface area contributed by atoms with E-state index in [-0.39, 0.29) is 0 Å². The van der Waals surface area contributed by atoms with E-state index in [4.69, 9.17) is 11.6 Å². The third-order valence-electron chi connectivity index (χ3n) is 1.48. The molecule has 13 heavy (non-hydrogen) atoms. The highest BCUT2D eigenvalue weighted by Gasteiger charge is 2.01. The molecule has 1 aromatic rings. The van der Waals surface area contributed by atoms with Gasteiger partial charge in [0.2, 0.25) is 0 Å². The summed E-state index contributed by atoms with van der Waals surface area (Å²) < 4.78 is 0. The van der Waals surface area contributed by atoms with Crippen LogP contribution in [0.15, 0.2) is 11.1 Å². The molecule has 0 atom stereocenters. The zero-order valence-electron chi connectivity index (χ0n) is 7.88. The van der Waals surface area contributed by atoms with Crippen LogP contribution in [0, 0.1) is 0 Å². The van der Waals surface area contributed by atoms with Gasteiger partial charge in [0, 0.05) is 12.5 Å². The van der Waals surface area contributed by atoms with E-state index in [1.165, 1.54) is 0 Å². The molecule has 0 aliphatic heterocycles. The summed E-state index contributed by atoms with van der Waals surface area (Å²) in [6, 6.07) is 1.81. The Morgan fingerprint density at radius 1 is 1.38 bits per heavy atom. The Bertz CT molecular complexity index is 254. The topological polar surface area (TPSA) is 25.8 Å². The Kier molecular flexibility index (Phi) is 4.53. The van der Waals surface area contributed by atoms with Gasteiger partial charge in [0.05, 0.1) is 0 Å². The maximum absolute atomic E-state index is 5.86. The molecule has 0 N–H and O–H groups in total. The average molecular weight is 217 g/mol. The number of nitrogens with zero attached hydrogens (tertiary/aromatic N) is 2. The van der Waals surface area contributed by atoms with Crippen LogP contribution in [0.2, 0.25) is 5.15 Å². The lowest BCUT2D eigenvalue weighted by Crippen LogP contribution is -1.96. The van der Waals surface area contributed by atoms with Crippen LogP contribution in [-0.4, -0.2) is 15.7 Å². The lowest BCUT2D eigenvalue weighted by Gasteiger charge is -2.02. The van der Waals surface area contributed by atoms with Gasteiger partial charge >= 0.3 is 0 Å². The van der Waals surface area contributed by atoms with Crippen LogP contribution < -0.4 is 0 Å². The highest BCUT2D eigenvalue weighted by molar-refractivity contribution is 7.99. The fourth-order valence-corrected chi connectivity index (χ4v) is 1.93. The standard InChI is InChI=1S/C9H13ClN2S/c1-3-5-8-11-7(10)6-9(12-8)13-4-2/h6H,3-5H2,1-2H3. The molecule has 1 rings (SSSR count). The van der Waals surface area contributed by atoms with Crippen LogP contribution in [0.5, 0.6) is 0 Å². The summed E-state index contributed by atoms with van der Waals surface area (Å²) in [6.07, 6.45) is 1.95. The lowest BCUT2D eigenvalue weighted by molar-refractivity contribution is 0.810. The molecule has 0 aliphatic rings. The zero-order valence-corrected chi connectivity index (χ0v) is 9.45. The first kappa shape index (κ1) is 10.8. The highest BCUT2D eigenvalue weighted by Crippen LogP contribution is 2.18. The second kappa shape index (κ2) is 5.45. The van der Waals surface area contributed by atoms with Crippen molar-refractivity contribution < 1.29 is 0 Å². The second-order valence-corrected chi connectivity index (χ2v) is 4.30. The Morgan fingerprint density at radius 2 is 2.15 bits per heavy atom. The maximum atomic E-state index is 5.86. The molecular formula is C9H13ClN2S. The number of aryl methyl sites for hydroxylation is 1. The first-order valence-corrected chi connectivity index (χ1v) is 5.78. The van der Waals surface area contributed by atoms with E-state index < -0.39 is 0 Å². The first-order valence-electron chi connectivity index (χ1n) is 4.42. The molecule has 1 heterocycles. The molecule has 0 spiro atoms. The first-order chi connectivity index (χ1) is 6.26. The van der Waals surface area contributed by atoms with E-state index in [9.17, 15) is 0 Å². The van der Waals surface area contributed by atoms with Crippen molar-refractivity contribution in [3.05, 3.63) is 17.0 Å². The quantitative estimate of drug-likeness (QED) is 0.571. The largest absolute Gasteiger partial charge is 0.226 e. The summed E-state index contributed by atoms with van der Waals surface area (Å²) in [4.78, 5) is 8.53. The minimum Gasteiger partial charge on any atom is -0.226 e. The molecule has 72 valence electrons. The van der Waals surface area contributed by atoms with Crippen LogP contribution in [0.25, 0.3) is 0 Å². The summed E-state index contributed by atoms with van der Waals surface area (Å²) >= 11 is 7.55. The van der Waals surface area contributed by atoms with Gasteiger partial charge in [-0.1, -0.05) is 25.4 Å². The molecule has 0 unspecified atom stereocenters. The van der Waals surface area contributed by atoms with Gasteiger partial charge in [-0.25, -0.2) is 9.97 Å². The number of rotatable bonds is 4. The third kappa shape index (κ3) is 3.53. The van der Waals surface area contributed by atoms with Crippen LogP contribution in [-0.2, 0) is 6.42 Å². The van der Waals surface area contributed by atoms with Gasteiger partial charge in [-0.3, -0.25) is 0 Å². The summed E-state index contributed by atoms with van der Waals surface area (Å²) in [7, 11) is 0. The van der Waals surface area contributed by atoms with E-state index in [1.807, 2.05) is 6.07 Å². The molecule has 4 heteroatoms. The fourth-order valence-electron chi connectivity index (χ4n) is 0.999. The summed E-state index contributed by atoms with van der Waals surface area (Å²) in [5, 5.41) is 1.53. The van der Waals surface area contributed by atoms with E-state index in [2.05, 4.69) is 23.8 Å². The van der Waals surface area contributed by atoms with Crippen molar-refractivity contribution in [3.63, 3.8) is 0 Å². The molecular weight excluding hydrogens is 204 g/mol. The Balaban J connectivity index is 2.83. The molecule has 0 radical (unpaired) electrons. The molecule has 0 aliphatic carbocycles. The number of halogens is 1. The van der Waals surface area contributed by atoms with E-state index in [0.717, 1.165) is 29.4 Å². The SMILES string of the molecule is CCCc1nc(Cl)cc(SCC)n1. The van der Waals surface area contributed by atoms with Gasteiger partial charge in [0.1, 0.15) is 16.0 Å². The number of hydrogen-bond acceptors (Lipinski definition) is 3. The monoisotopic (exact) mass is 216 g/mol. The van der Waals surface area contributed by atoms with Gasteiger partial charge in [0.15, 0.2) is 0 Å². The molecule has 0 saturated carbocycles. The van der Waals surface area contributed by atoms with Crippen molar-refractivity contribution >= 4 is 23.4 Å².